The number of nitrogens with zero attached hydrogens (tertiary/aromatic N) is 3. The van der Waals surface area contributed by atoms with Crippen LogP contribution in [0.2, 0.25) is 0 Å². The first kappa shape index (κ1) is 15.3. The monoisotopic (exact) mass is 226 g/mol. The Morgan fingerprint density at radius 1 is 1.25 bits per heavy atom. The first-order valence-electron chi connectivity index (χ1n) is 6.18. The summed E-state index contributed by atoms with van der Waals surface area (Å²) >= 11 is 0. The van der Waals surface area contributed by atoms with E-state index in [9.17, 15) is 0 Å². The summed E-state index contributed by atoms with van der Waals surface area (Å²) in [6.45, 7) is 4.01. The molecule has 0 aliphatic heterocycles. The minimum Gasteiger partial charge on any atom is -0.309 e. The minimum atomic E-state index is -0.121. The third-order valence-corrected chi connectivity index (χ3v) is 2.27. The average molecular weight is 226 g/mol. The second kappa shape index (κ2) is 10.8. The van der Waals surface area contributed by atoms with E-state index < -0.39 is 0 Å². The quantitative estimate of drug-likeness (QED) is 0.483. The molecule has 0 amide bonds. The Morgan fingerprint density at radius 3 is 2.62 bits per heavy atom. The molecule has 0 aliphatic rings. The van der Waals surface area contributed by atoms with Gasteiger partial charge in [-0.25, -0.2) is 9.98 Å². The third-order valence-electron chi connectivity index (χ3n) is 2.27. The molecular weight excluding hydrogens is 200 g/mol. The SMILES string of the molecule is CCCCCC(N)N=C=NCCCN(C)C. The summed E-state index contributed by atoms with van der Waals surface area (Å²) < 4.78 is 0. The van der Waals surface area contributed by atoms with Crippen molar-refractivity contribution in [2.24, 2.45) is 15.7 Å². The van der Waals surface area contributed by atoms with E-state index in [1.165, 1.54) is 12.8 Å². The number of hydrogen-bond donors (Lipinski definition) is 1. The zero-order valence-electron chi connectivity index (χ0n) is 10.9. The number of aliphatic imine (C=N–C) groups is 2. The van der Waals surface area contributed by atoms with Gasteiger partial charge in [0.15, 0.2) is 0 Å². The van der Waals surface area contributed by atoms with Crippen LogP contribution in [0, 0.1) is 0 Å². The fourth-order valence-corrected chi connectivity index (χ4v) is 1.30. The normalized spacial score (nSPS) is 12.3. The Bertz CT molecular complexity index is 207. The summed E-state index contributed by atoms with van der Waals surface area (Å²) in [5.41, 5.74) is 5.78. The van der Waals surface area contributed by atoms with Gasteiger partial charge in [-0.1, -0.05) is 19.8 Å². The van der Waals surface area contributed by atoms with Crippen LogP contribution < -0.4 is 5.73 Å². The lowest BCUT2D eigenvalue weighted by Crippen LogP contribution is -2.16. The van der Waals surface area contributed by atoms with Gasteiger partial charge >= 0.3 is 0 Å². The number of rotatable bonds is 9. The molecule has 2 N–H and O–H groups in total. The summed E-state index contributed by atoms with van der Waals surface area (Å²) in [7, 11) is 4.11. The Labute approximate surface area is 99.6 Å². The first-order chi connectivity index (χ1) is 7.66. The van der Waals surface area contributed by atoms with E-state index in [-0.39, 0.29) is 6.17 Å². The van der Waals surface area contributed by atoms with Crippen LogP contribution in [-0.2, 0) is 0 Å². The summed E-state index contributed by atoms with van der Waals surface area (Å²) in [5.74, 6) is 0. The van der Waals surface area contributed by atoms with Crippen molar-refractivity contribution in [3.05, 3.63) is 0 Å². The molecular formula is C12H26N4. The maximum absolute atomic E-state index is 5.78. The molecule has 0 fully saturated rings. The highest BCUT2D eigenvalue weighted by molar-refractivity contribution is 5.41. The number of nitrogens with two attached hydrogens (primary N) is 1. The topological polar surface area (TPSA) is 54.0 Å². The molecule has 1 unspecified atom stereocenters. The Morgan fingerprint density at radius 2 is 2.00 bits per heavy atom. The van der Waals surface area contributed by atoms with Crippen LogP contribution in [0.5, 0.6) is 0 Å². The van der Waals surface area contributed by atoms with Gasteiger partial charge in [0.2, 0.25) is 0 Å². The van der Waals surface area contributed by atoms with Crippen molar-refractivity contribution >= 4 is 6.01 Å². The minimum absolute atomic E-state index is 0.121. The van der Waals surface area contributed by atoms with E-state index in [1.807, 2.05) is 0 Å². The van der Waals surface area contributed by atoms with Gasteiger partial charge in [0.1, 0.15) is 6.17 Å². The molecule has 94 valence electrons. The Hall–Kier alpha value is -0.700. The lowest BCUT2D eigenvalue weighted by molar-refractivity contribution is 0.403. The van der Waals surface area contributed by atoms with Gasteiger partial charge in [-0.3, -0.25) is 0 Å². The molecule has 4 heteroatoms. The van der Waals surface area contributed by atoms with Crippen LogP contribution in [0.3, 0.4) is 0 Å². The lowest BCUT2D eigenvalue weighted by Gasteiger charge is -2.06. The molecule has 4 nitrogen and oxygen atoms in total. The molecule has 0 rings (SSSR count). The number of unbranched alkanes of at least 4 members (excludes halogenated alkanes) is 2. The molecule has 0 saturated carbocycles. The smallest absolute Gasteiger partial charge is 0.108 e. The summed E-state index contributed by atoms with van der Waals surface area (Å²) in [5, 5.41) is 0. The van der Waals surface area contributed by atoms with Crippen molar-refractivity contribution in [2.45, 2.75) is 45.2 Å². The highest BCUT2D eigenvalue weighted by atomic mass is 15.0. The van der Waals surface area contributed by atoms with Crippen molar-refractivity contribution < 1.29 is 0 Å². The van der Waals surface area contributed by atoms with Gasteiger partial charge in [0.25, 0.3) is 0 Å². The zero-order valence-corrected chi connectivity index (χ0v) is 10.9. The van der Waals surface area contributed by atoms with Crippen molar-refractivity contribution in [2.75, 3.05) is 27.2 Å². The van der Waals surface area contributed by atoms with Crippen LogP contribution in [0.4, 0.5) is 0 Å². The molecule has 0 aromatic rings. The highest BCUT2D eigenvalue weighted by Crippen LogP contribution is 2.01. The fraction of sp³-hybridized carbons (Fsp3) is 0.917. The van der Waals surface area contributed by atoms with Crippen molar-refractivity contribution in [1.29, 1.82) is 0 Å². The molecule has 0 bridgehead atoms. The third kappa shape index (κ3) is 11.4. The van der Waals surface area contributed by atoms with Gasteiger partial charge < -0.3 is 10.6 Å². The van der Waals surface area contributed by atoms with Gasteiger partial charge in [0, 0.05) is 0 Å². The standard InChI is InChI=1S/C12H26N4/c1-4-5-6-8-12(13)15-11-14-9-7-10-16(2)3/h12H,4-10,13H2,1-3H3. The number of hydrogen-bond acceptors (Lipinski definition) is 4. The van der Waals surface area contributed by atoms with E-state index >= 15 is 0 Å². The molecule has 16 heavy (non-hydrogen) atoms. The molecule has 0 aliphatic carbocycles. The molecule has 1 atom stereocenters. The van der Waals surface area contributed by atoms with Crippen LogP contribution in [0.25, 0.3) is 0 Å². The van der Waals surface area contributed by atoms with Gasteiger partial charge in [-0.2, -0.15) is 0 Å². The molecule has 0 aromatic carbocycles. The molecule has 0 aromatic heterocycles. The van der Waals surface area contributed by atoms with Gasteiger partial charge in [-0.05, 0) is 39.9 Å². The van der Waals surface area contributed by atoms with E-state index in [0.717, 1.165) is 32.4 Å². The maximum atomic E-state index is 5.78. The molecule has 0 radical (unpaired) electrons. The van der Waals surface area contributed by atoms with E-state index in [2.05, 4.69) is 41.9 Å². The summed E-state index contributed by atoms with van der Waals surface area (Å²) in [6, 6.07) is 2.69. The van der Waals surface area contributed by atoms with E-state index in [0.29, 0.717) is 0 Å². The second-order valence-electron chi connectivity index (χ2n) is 4.33. The van der Waals surface area contributed by atoms with E-state index in [4.69, 9.17) is 5.73 Å². The summed E-state index contributed by atoms with van der Waals surface area (Å²) in [6.07, 6.45) is 5.44. The fourth-order valence-electron chi connectivity index (χ4n) is 1.30. The van der Waals surface area contributed by atoms with Crippen LogP contribution in [-0.4, -0.2) is 44.3 Å². The Kier molecular flexibility index (Phi) is 10.3. The Balaban J connectivity index is 3.51. The van der Waals surface area contributed by atoms with Crippen LogP contribution in [0.1, 0.15) is 39.0 Å². The predicted molar refractivity (Wildman–Crippen MR) is 70.0 cm³/mol. The van der Waals surface area contributed by atoms with E-state index in [1.54, 1.807) is 0 Å². The molecule has 0 heterocycles. The largest absolute Gasteiger partial charge is 0.309 e. The van der Waals surface area contributed by atoms with Crippen molar-refractivity contribution in [3.63, 3.8) is 0 Å². The average Bonchev–Trinajstić information content (AvgIpc) is 2.23. The highest BCUT2D eigenvalue weighted by Gasteiger charge is 1.96. The first-order valence-corrected chi connectivity index (χ1v) is 6.18. The molecule has 0 spiro atoms. The van der Waals surface area contributed by atoms with Crippen molar-refractivity contribution in [1.82, 2.24) is 4.90 Å². The van der Waals surface area contributed by atoms with Crippen LogP contribution >= 0.6 is 0 Å². The maximum Gasteiger partial charge on any atom is 0.108 e. The van der Waals surface area contributed by atoms with Crippen LogP contribution in [0.15, 0.2) is 9.98 Å². The second-order valence-corrected chi connectivity index (χ2v) is 4.33. The van der Waals surface area contributed by atoms with Gasteiger partial charge in [0.05, 0.1) is 12.6 Å². The zero-order chi connectivity index (χ0) is 12.2. The van der Waals surface area contributed by atoms with Gasteiger partial charge in [-0.15, -0.1) is 0 Å². The summed E-state index contributed by atoms with van der Waals surface area (Å²) in [4.78, 5) is 10.3. The molecule has 0 saturated heterocycles. The predicted octanol–water partition coefficient (Wildman–Crippen LogP) is 1.98. The van der Waals surface area contributed by atoms with Crippen molar-refractivity contribution in [3.8, 4) is 0 Å². The lowest BCUT2D eigenvalue weighted by atomic mass is 10.2.